The lowest BCUT2D eigenvalue weighted by Crippen LogP contribution is -2.35. The Morgan fingerprint density at radius 3 is 2.21 bits per heavy atom. The molecule has 3 amide bonds. The van der Waals surface area contributed by atoms with Gasteiger partial charge in [0, 0.05) is 19.3 Å². The first-order valence-electron chi connectivity index (χ1n) is 4.91. The fraction of sp³-hybridized carbons (Fsp3) is 0.700. The van der Waals surface area contributed by atoms with Crippen LogP contribution < -0.4 is 0 Å². The van der Waals surface area contributed by atoms with Gasteiger partial charge in [-0.1, -0.05) is 13.8 Å². The summed E-state index contributed by atoms with van der Waals surface area (Å²) in [7, 11) is 0. The Hall–Kier alpha value is -1.19. The van der Waals surface area contributed by atoms with Crippen LogP contribution in [-0.2, 0) is 14.4 Å². The molecule has 0 atom stereocenters. The molecule has 14 heavy (non-hydrogen) atoms. The summed E-state index contributed by atoms with van der Waals surface area (Å²) in [4.78, 5) is 34.6. The van der Waals surface area contributed by atoms with E-state index in [0.717, 1.165) is 11.3 Å². The molecular formula is C10H15NO3. The van der Waals surface area contributed by atoms with Gasteiger partial charge in [-0.2, -0.15) is 0 Å². The first-order valence-corrected chi connectivity index (χ1v) is 4.91. The number of nitrogens with zero attached hydrogens (tertiary/aromatic N) is 1. The van der Waals surface area contributed by atoms with E-state index in [0.29, 0.717) is 5.92 Å². The molecule has 0 aliphatic carbocycles. The highest BCUT2D eigenvalue weighted by molar-refractivity contribution is 6.14. The second-order valence-electron chi connectivity index (χ2n) is 3.95. The van der Waals surface area contributed by atoms with E-state index in [9.17, 15) is 14.4 Å². The average molecular weight is 197 g/mol. The smallest absolute Gasteiger partial charge is 0.236 e. The Bertz CT molecular complexity index is 255. The summed E-state index contributed by atoms with van der Waals surface area (Å²) in [5.74, 6) is -0.620. The van der Waals surface area contributed by atoms with Crippen LogP contribution in [-0.4, -0.2) is 22.6 Å². The van der Waals surface area contributed by atoms with Crippen LogP contribution in [0.15, 0.2) is 0 Å². The number of hydrogen-bond acceptors (Lipinski definition) is 3. The maximum absolute atomic E-state index is 11.5. The number of likely N-dealkylation sites (tertiary alicyclic amines) is 1. The van der Waals surface area contributed by atoms with Crippen molar-refractivity contribution < 1.29 is 14.4 Å². The zero-order chi connectivity index (χ0) is 10.7. The highest BCUT2D eigenvalue weighted by Crippen LogP contribution is 2.15. The van der Waals surface area contributed by atoms with Crippen molar-refractivity contribution in [2.75, 3.05) is 0 Å². The summed E-state index contributed by atoms with van der Waals surface area (Å²) in [5, 5.41) is 0. The molecule has 0 radical (unpaired) electrons. The molecule has 1 saturated heterocycles. The van der Waals surface area contributed by atoms with E-state index in [4.69, 9.17) is 0 Å². The van der Waals surface area contributed by atoms with Crippen LogP contribution in [0.2, 0.25) is 0 Å². The monoisotopic (exact) mass is 197 g/mol. The van der Waals surface area contributed by atoms with Crippen LogP contribution >= 0.6 is 0 Å². The topological polar surface area (TPSA) is 54.5 Å². The highest BCUT2D eigenvalue weighted by Gasteiger charge is 2.33. The van der Waals surface area contributed by atoms with E-state index in [1.54, 1.807) is 0 Å². The minimum absolute atomic E-state index is 0.187. The van der Waals surface area contributed by atoms with Crippen LogP contribution in [0.5, 0.6) is 0 Å². The molecule has 0 unspecified atom stereocenters. The molecule has 78 valence electrons. The van der Waals surface area contributed by atoms with Gasteiger partial charge in [-0.05, 0) is 12.3 Å². The van der Waals surface area contributed by atoms with Crippen LogP contribution in [0.25, 0.3) is 0 Å². The van der Waals surface area contributed by atoms with Crippen LogP contribution in [0.3, 0.4) is 0 Å². The molecular weight excluding hydrogens is 182 g/mol. The predicted octanol–water partition coefficient (Wildman–Crippen LogP) is 1.10. The van der Waals surface area contributed by atoms with Crippen molar-refractivity contribution in [3.63, 3.8) is 0 Å². The number of rotatable bonds is 3. The molecule has 0 aromatic heterocycles. The van der Waals surface area contributed by atoms with E-state index in [-0.39, 0.29) is 37.0 Å². The molecule has 1 aliphatic rings. The molecule has 0 saturated carbocycles. The van der Waals surface area contributed by atoms with Crippen molar-refractivity contribution in [1.29, 1.82) is 0 Å². The summed E-state index contributed by atoms with van der Waals surface area (Å²) in [6, 6.07) is 0. The Labute approximate surface area is 83.3 Å². The molecule has 0 aromatic carbocycles. The first-order chi connectivity index (χ1) is 6.52. The lowest BCUT2D eigenvalue weighted by atomic mass is 10.1. The van der Waals surface area contributed by atoms with Crippen molar-refractivity contribution in [2.24, 2.45) is 5.92 Å². The van der Waals surface area contributed by atoms with Crippen LogP contribution in [0.1, 0.15) is 39.5 Å². The Balaban J connectivity index is 2.51. The van der Waals surface area contributed by atoms with Gasteiger partial charge in [0.25, 0.3) is 0 Å². The van der Waals surface area contributed by atoms with E-state index in [2.05, 4.69) is 0 Å². The Morgan fingerprint density at radius 2 is 1.79 bits per heavy atom. The third-order valence-electron chi connectivity index (χ3n) is 2.24. The highest BCUT2D eigenvalue weighted by atomic mass is 16.2. The molecule has 1 heterocycles. The number of carbonyl (C=O) groups is 3. The summed E-state index contributed by atoms with van der Waals surface area (Å²) < 4.78 is 0. The van der Waals surface area contributed by atoms with Gasteiger partial charge in [-0.15, -0.1) is 0 Å². The van der Waals surface area contributed by atoms with Gasteiger partial charge in [-0.3, -0.25) is 14.4 Å². The van der Waals surface area contributed by atoms with Crippen molar-refractivity contribution in [2.45, 2.75) is 39.5 Å². The molecule has 4 nitrogen and oxygen atoms in total. The molecule has 1 rings (SSSR count). The summed E-state index contributed by atoms with van der Waals surface area (Å²) in [6.07, 6.45) is 1.38. The molecule has 0 bridgehead atoms. The lowest BCUT2D eigenvalue weighted by Gasteiger charge is -2.12. The lowest BCUT2D eigenvalue weighted by molar-refractivity contribution is -0.149. The van der Waals surface area contributed by atoms with Crippen LogP contribution in [0, 0.1) is 5.92 Å². The number of amides is 3. The standard InChI is InChI=1S/C10H15NO3/c1-7(2)3-4-8(12)11-9(13)5-6-10(11)14/h7H,3-6H2,1-2H3. The number of imide groups is 3. The Morgan fingerprint density at radius 1 is 1.29 bits per heavy atom. The Kier molecular flexibility index (Phi) is 3.38. The average Bonchev–Trinajstić information content (AvgIpc) is 2.42. The molecule has 0 spiro atoms. The molecule has 4 heteroatoms. The van der Waals surface area contributed by atoms with Gasteiger partial charge in [0.1, 0.15) is 0 Å². The normalized spacial score (nSPS) is 16.9. The fourth-order valence-corrected chi connectivity index (χ4v) is 1.38. The maximum Gasteiger partial charge on any atom is 0.236 e. The van der Waals surface area contributed by atoms with E-state index in [1.807, 2.05) is 13.8 Å². The summed E-state index contributed by atoms with van der Waals surface area (Å²) in [5.41, 5.74) is 0. The zero-order valence-corrected chi connectivity index (χ0v) is 8.58. The second-order valence-corrected chi connectivity index (χ2v) is 3.95. The van der Waals surface area contributed by atoms with Gasteiger partial charge >= 0.3 is 0 Å². The number of hydrogen-bond donors (Lipinski definition) is 0. The molecule has 1 fully saturated rings. The third kappa shape index (κ3) is 2.40. The number of carbonyl (C=O) groups excluding carboxylic acids is 3. The van der Waals surface area contributed by atoms with Crippen LogP contribution in [0.4, 0.5) is 0 Å². The van der Waals surface area contributed by atoms with Gasteiger partial charge in [0.15, 0.2) is 0 Å². The maximum atomic E-state index is 11.5. The van der Waals surface area contributed by atoms with Crippen molar-refractivity contribution in [3.8, 4) is 0 Å². The van der Waals surface area contributed by atoms with Gasteiger partial charge in [0.05, 0.1) is 0 Å². The first kappa shape index (κ1) is 10.9. The third-order valence-corrected chi connectivity index (χ3v) is 2.24. The largest absolute Gasteiger partial charge is 0.274 e. The predicted molar refractivity (Wildman–Crippen MR) is 50.2 cm³/mol. The van der Waals surface area contributed by atoms with Gasteiger partial charge in [-0.25, -0.2) is 4.90 Å². The summed E-state index contributed by atoms with van der Waals surface area (Å²) in [6.45, 7) is 4.00. The zero-order valence-electron chi connectivity index (χ0n) is 8.58. The quantitative estimate of drug-likeness (QED) is 0.636. The molecule has 0 N–H and O–H groups in total. The van der Waals surface area contributed by atoms with Crippen molar-refractivity contribution in [3.05, 3.63) is 0 Å². The van der Waals surface area contributed by atoms with Crippen molar-refractivity contribution >= 4 is 17.7 Å². The minimum atomic E-state index is -0.344. The second kappa shape index (κ2) is 4.35. The van der Waals surface area contributed by atoms with E-state index < -0.39 is 0 Å². The summed E-state index contributed by atoms with van der Waals surface area (Å²) >= 11 is 0. The molecule has 1 aliphatic heterocycles. The molecule has 0 aromatic rings. The fourth-order valence-electron chi connectivity index (χ4n) is 1.38. The van der Waals surface area contributed by atoms with E-state index >= 15 is 0 Å². The minimum Gasteiger partial charge on any atom is -0.274 e. The van der Waals surface area contributed by atoms with Crippen molar-refractivity contribution in [1.82, 2.24) is 4.90 Å². The SMILES string of the molecule is CC(C)CCC(=O)N1C(=O)CCC1=O. The van der Waals surface area contributed by atoms with Gasteiger partial charge in [0.2, 0.25) is 17.7 Å². The van der Waals surface area contributed by atoms with E-state index in [1.165, 1.54) is 0 Å². The van der Waals surface area contributed by atoms with Gasteiger partial charge < -0.3 is 0 Å².